The number of para-hydroxylation sites is 1. The lowest BCUT2D eigenvalue weighted by atomic mass is 9.80. The van der Waals surface area contributed by atoms with Crippen LogP contribution in [-0.4, -0.2) is 12.0 Å². The molecule has 1 aromatic heterocycles. The monoisotopic (exact) mass is 240 g/mol. The summed E-state index contributed by atoms with van der Waals surface area (Å²) in [6.07, 6.45) is 7.49. The van der Waals surface area contributed by atoms with Crippen molar-refractivity contribution in [1.82, 2.24) is 10.3 Å². The molecule has 94 valence electrons. The van der Waals surface area contributed by atoms with Gasteiger partial charge in [0.1, 0.15) is 0 Å². The number of hydrogen-bond donors (Lipinski definition) is 1. The van der Waals surface area contributed by atoms with Crippen molar-refractivity contribution in [2.75, 3.05) is 7.05 Å². The Morgan fingerprint density at radius 1 is 1.33 bits per heavy atom. The Morgan fingerprint density at radius 2 is 2.17 bits per heavy atom. The summed E-state index contributed by atoms with van der Waals surface area (Å²) < 4.78 is 0. The number of benzene rings is 1. The summed E-state index contributed by atoms with van der Waals surface area (Å²) in [5.41, 5.74) is 2.41. The maximum atomic E-state index is 4.56. The van der Waals surface area contributed by atoms with Crippen LogP contribution in [0.5, 0.6) is 0 Å². The molecule has 0 saturated heterocycles. The fraction of sp³-hybridized carbons (Fsp3) is 0.438. The molecule has 1 fully saturated rings. The highest BCUT2D eigenvalue weighted by atomic mass is 14.9. The number of nitrogens with one attached hydrogen (secondary N) is 1. The predicted octanol–water partition coefficient (Wildman–Crippen LogP) is 3.69. The van der Waals surface area contributed by atoms with Gasteiger partial charge in [-0.15, -0.1) is 0 Å². The first-order chi connectivity index (χ1) is 8.86. The number of hydrogen-bond acceptors (Lipinski definition) is 2. The van der Waals surface area contributed by atoms with Crippen LogP contribution in [0, 0.1) is 5.92 Å². The fourth-order valence-electron chi connectivity index (χ4n) is 2.76. The quantitative estimate of drug-likeness (QED) is 0.881. The molecule has 1 unspecified atom stereocenters. The molecule has 18 heavy (non-hydrogen) atoms. The Balaban J connectivity index is 1.86. The highest BCUT2D eigenvalue weighted by Gasteiger charge is 2.22. The summed E-state index contributed by atoms with van der Waals surface area (Å²) >= 11 is 0. The van der Waals surface area contributed by atoms with E-state index in [4.69, 9.17) is 0 Å². The van der Waals surface area contributed by atoms with Crippen molar-refractivity contribution in [3.63, 3.8) is 0 Å². The van der Waals surface area contributed by atoms with Crippen LogP contribution in [0.25, 0.3) is 10.9 Å². The maximum Gasteiger partial charge on any atom is 0.0702 e. The molecule has 2 aromatic rings. The molecule has 0 radical (unpaired) electrons. The van der Waals surface area contributed by atoms with Crippen LogP contribution < -0.4 is 5.32 Å². The third kappa shape index (κ3) is 2.25. The molecule has 1 aliphatic carbocycles. The topological polar surface area (TPSA) is 24.9 Å². The minimum absolute atomic E-state index is 0.451. The van der Waals surface area contributed by atoms with Crippen LogP contribution in [0.15, 0.2) is 36.5 Å². The molecule has 1 aliphatic rings. The Morgan fingerprint density at radius 3 is 2.89 bits per heavy atom. The van der Waals surface area contributed by atoms with Gasteiger partial charge in [0, 0.05) is 17.6 Å². The molecule has 0 aliphatic heterocycles. The summed E-state index contributed by atoms with van der Waals surface area (Å²) in [6.45, 7) is 0. The van der Waals surface area contributed by atoms with Crippen LogP contribution in [0.4, 0.5) is 0 Å². The zero-order chi connectivity index (χ0) is 12.4. The van der Waals surface area contributed by atoms with Gasteiger partial charge in [0.15, 0.2) is 0 Å². The Hall–Kier alpha value is -1.41. The van der Waals surface area contributed by atoms with Gasteiger partial charge in [0.2, 0.25) is 0 Å². The third-order valence-corrected chi connectivity index (χ3v) is 4.16. The standard InChI is InChI=1S/C16H20N2/c1-17-16(9-12-5-4-6-12)14-10-13-7-2-3-8-15(13)18-11-14/h2-3,7-8,10-12,16-17H,4-6,9H2,1H3. The average molecular weight is 240 g/mol. The smallest absolute Gasteiger partial charge is 0.0702 e. The van der Waals surface area contributed by atoms with Crippen molar-refractivity contribution in [3.8, 4) is 0 Å². The summed E-state index contributed by atoms with van der Waals surface area (Å²) in [5.74, 6) is 0.911. The lowest BCUT2D eigenvalue weighted by molar-refractivity contribution is 0.265. The third-order valence-electron chi connectivity index (χ3n) is 4.16. The Kier molecular flexibility index (Phi) is 3.28. The molecule has 3 rings (SSSR count). The van der Waals surface area contributed by atoms with Crippen LogP contribution in [0.2, 0.25) is 0 Å². The Labute approximate surface area is 108 Å². The number of fused-ring (bicyclic) bond motifs is 1. The summed E-state index contributed by atoms with van der Waals surface area (Å²) in [6, 6.07) is 11.1. The van der Waals surface area contributed by atoms with Gasteiger partial charge in [-0.2, -0.15) is 0 Å². The van der Waals surface area contributed by atoms with E-state index < -0.39 is 0 Å². The van der Waals surface area contributed by atoms with E-state index in [-0.39, 0.29) is 0 Å². The maximum absolute atomic E-state index is 4.56. The second-order valence-electron chi connectivity index (χ2n) is 5.34. The molecular weight excluding hydrogens is 220 g/mol. The van der Waals surface area contributed by atoms with Crippen molar-refractivity contribution in [2.24, 2.45) is 5.92 Å². The predicted molar refractivity (Wildman–Crippen MR) is 75.5 cm³/mol. The van der Waals surface area contributed by atoms with Gasteiger partial charge in [-0.1, -0.05) is 37.5 Å². The van der Waals surface area contributed by atoms with Gasteiger partial charge >= 0.3 is 0 Å². The lowest BCUT2D eigenvalue weighted by Gasteiger charge is -2.29. The zero-order valence-corrected chi connectivity index (χ0v) is 10.9. The molecule has 2 heteroatoms. The number of rotatable bonds is 4. The van der Waals surface area contributed by atoms with Crippen molar-refractivity contribution < 1.29 is 0 Å². The first-order valence-corrected chi connectivity index (χ1v) is 6.89. The van der Waals surface area contributed by atoms with E-state index in [1.165, 1.54) is 36.6 Å². The van der Waals surface area contributed by atoms with E-state index in [9.17, 15) is 0 Å². The van der Waals surface area contributed by atoms with Gasteiger partial charge in [-0.3, -0.25) is 4.98 Å². The van der Waals surface area contributed by atoms with Gasteiger partial charge in [-0.05, 0) is 37.1 Å². The van der Waals surface area contributed by atoms with E-state index >= 15 is 0 Å². The highest BCUT2D eigenvalue weighted by Crippen LogP contribution is 2.34. The van der Waals surface area contributed by atoms with Gasteiger partial charge in [-0.25, -0.2) is 0 Å². The highest BCUT2D eigenvalue weighted by molar-refractivity contribution is 5.78. The molecule has 1 saturated carbocycles. The fourth-order valence-corrected chi connectivity index (χ4v) is 2.76. The van der Waals surface area contributed by atoms with E-state index in [1.54, 1.807) is 0 Å². The van der Waals surface area contributed by atoms with E-state index in [0.29, 0.717) is 6.04 Å². The Bertz CT molecular complexity index is 531. The van der Waals surface area contributed by atoms with Crippen LogP contribution in [0.3, 0.4) is 0 Å². The number of nitrogens with zero attached hydrogens (tertiary/aromatic N) is 1. The molecule has 2 nitrogen and oxygen atoms in total. The minimum Gasteiger partial charge on any atom is -0.313 e. The second-order valence-corrected chi connectivity index (χ2v) is 5.34. The largest absolute Gasteiger partial charge is 0.313 e. The van der Waals surface area contributed by atoms with Crippen molar-refractivity contribution in [2.45, 2.75) is 31.7 Å². The average Bonchev–Trinajstić information content (AvgIpc) is 2.37. The van der Waals surface area contributed by atoms with Crippen LogP contribution in [0.1, 0.15) is 37.3 Å². The number of aromatic nitrogens is 1. The minimum atomic E-state index is 0.451. The van der Waals surface area contributed by atoms with Gasteiger partial charge < -0.3 is 5.32 Å². The second kappa shape index (κ2) is 5.07. The molecule has 1 atom stereocenters. The van der Waals surface area contributed by atoms with Crippen LogP contribution in [-0.2, 0) is 0 Å². The normalized spacial score (nSPS) is 17.6. The van der Waals surface area contributed by atoms with E-state index in [1.807, 2.05) is 12.3 Å². The zero-order valence-electron chi connectivity index (χ0n) is 10.9. The first kappa shape index (κ1) is 11.7. The van der Waals surface area contributed by atoms with E-state index in [0.717, 1.165) is 11.4 Å². The van der Waals surface area contributed by atoms with Crippen molar-refractivity contribution in [3.05, 3.63) is 42.1 Å². The first-order valence-electron chi connectivity index (χ1n) is 6.89. The molecule has 1 aromatic carbocycles. The molecular formula is C16H20N2. The SMILES string of the molecule is CNC(CC1CCC1)c1cnc2ccccc2c1. The summed E-state index contributed by atoms with van der Waals surface area (Å²) in [5, 5.41) is 4.68. The summed E-state index contributed by atoms with van der Waals surface area (Å²) in [4.78, 5) is 4.56. The van der Waals surface area contributed by atoms with Gasteiger partial charge in [0.25, 0.3) is 0 Å². The van der Waals surface area contributed by atoms with Gasteiger partial charge in [0.05, 0.1) is 5.52 Å². The van der Waals surface area contributed by atoms with E-state index in [2.05, 4.69) is 41.6 Å². The van der Waals surface area contributed by atoms with Crippen molar-refractivity contribution in [1.29, 1.82) is 0 Å². The van der Waals surface area contributed by atoms with Crippen molar-refractivity contribution >= 4 is 10.9 Å². The summed E-state index contributed by atoms with van der Waals surface area (Å²) in [7, 11) is 2.05. The lowest BCUT2D eigenvalue weighted by Crippen LogP contribution is -2.23. The van der Waals surface area contributed by atoms with Crippen LogP contribution >= 0.6 is 0 Å². The molecule has 0 bridgehead atoms. The molecule has 0 amide bonds. The molecule has 1 N–H and O–H groups in total. The number of pyridine rings is 1. The molecule has 0 spiro atoms. The molecule has 1 heterocycles.